The number of methoxy groups -OCH3 is 1. The fourth-order valence-electron chi connectivity index (χ4n) is 4.58. The maximum atomic E-state index is 12.6. The largest absolute Gasteiger partial charge is 0.494 e. The number of benzene rings is 4. The smallest absolute Gasteiger partial charge is 0.397 e. The molecule has 0 saturated carbocycles. The number of aryl methyl sites for hydroxylation is 1. The molecule has 4 aromatic carbocycles. The van der Waals surface area contributed by atoms with Gasteiger partial charge in [0.25, 0.3) is 20.2 Å². The molecule has 23 nitrogen and oxygen atoms in total. The van der Waals surface area contributed by atoms with Crippen LogP contribution in [-0.2, 0) is 49.5 Å². The molecule has 0 heterocycles. The van der Waals surface area contributed by atoms with Gasteiger partial charge >= 0.3 is 10.4 Å². The minimum Gasteiger partial charge on any atom is -0.494 e. The van der Waals surface area contributed by atoms with Crippen LogP contribution in [-0.4, -0.2) is 72.7 Å². The number of sulfone groups is 1. The molecule has 0 aliphatic heterocycles. The highest BCUT2D eigenvalue weighted by atomic mass is 32.3. The van der Waals surface area contributed by atoms with Gasteiger partial charge < -0.3 is 21.5 Å². The number of azo groups is 3. The Balaban J connectivity index is 1.73. The van der Waals surface area contributed by atoms with E-state index in [2.05, 4.69) is 40.2 Å². The van der Waals surface area contributed by atoms with Gasteiger partial charge in [0.05, 0.1) is 47.1 Å². The molecule has 0 fully saturated rings. The van der Waals surface area contributed by atoms with Gasteiger partial charge in [-0.3, -0.25) is 18.5 Å². The molecule has 4 rings (SSSR count). The molecule has 27 heteroatoms. The standard InChI is InChI=1S/C30H31N9O14S4/c1-16-4-9-25(52-3)23(12-16)37-39-30-28(31)24(15-27(29(30)32)56(46,47)48)38-34-18-5-7-20(22(13-18)33-17(2)40)35-36-21-8-6-19(14-26(21)55(43,44)45)54(41,42)11-10-53-57(49,50)51/h4-9,12-15H,10-11,31-32H2,1-3H3,(H,33,40)(H,43,44,45)(H,46,47,48)(H,49,50,51). The van der Waals surface area contributed by atoms with Gasteiger partial charge in [-0.2, -0.15) is 30.4 Å². The second-order valence-electron chi connectivity index (χ2n) is 11.4. The zero-order valence-electron chi connectivity index (χ0n) is 29.5. The Kier molecular flexibility index (Phi) is 13.2. The number of rotatable bonds is 15. The van der Waals surface area contributed by atoms with Crippen molar-refractivity contribution in [2.75, 3.05) is 36.3 Å². The van der Waals surface area contributed by atoms with Crippen molar-refractivity contribution in [3.05, 3.63) is 66.2 Å². The molecule has 8 N–H and O–H groups in total. The summed E-state index contributed by atoms with van der Waals surface area (Å²) in [5.74, 6) is -1.31. The van der Waals surface area contributed by atoms with E-state index < -0.39 is 84.8 Å². The van der Waals surface area contributed by atoms with Crippen LogP contribution in [0.3, 0.4) is 0 Å². The summed E-state index contributed by atoms with van der Waals surface area (Å²) < 4.78 is 133. The monoisotopic (exact) mass is 869 g/mol. The van der Waals surface area contributed by atoms with Gasteiger partial charge in [-0.15, -0.1) is 25.6 Å². The Bertz CT molecular complexity index is 2800. The lowest BCUT2D eigenvalue weighted by Gasteiger charge is -2.11. The van der Waals surface area contributed by atoms with Gasteiger partial charge in [0.15, 0.2) is 9.84 Å². The maximum Gasteiger partial charge on any atom is 0.397 e. The van der Waals surface area contributed by atoms with Crippen molar-refractivity contribution in [1.29, 1.82) is 0 Å². The van der Waals surface area contributed by atoms with Gasteiger partial charge in [0.2, 0.25) is 5.91 Å². The molecule has 0 atom stereocenters. The number of carbonyl (C=O) groups is 1. The van der Waals surface area contributed by atoms with Gasteiger partial charge in [-0.25, -0.2) is 12.6 Å². The molecule has 304 valence electrons. The summed E-state index contributed by atoms with van der Waals surface area (Å²) in [7, 11) is -18.1. The number of carbonyl (C=O) groups excluding carboxylic acids is 1. The van der Waals surface area contributed by atoms with Gasteiger partial charge in [-0.05, 0) is 67.1 Å². The zero-order valence-corrected chi connectivity index (χ0v) is 32.8. The van der Waals surface area contributed by atoms with Crippen LogP contribution in [0.15, 0.2) is 106 Å². The van der Waals surface area contributed by atoms with E-state index in [-0.39, 0.29) is 39.8 Å². The molecular weight excluding hydrogens is 839 g/mol. The minimum atomic E-state index is -5.15. The van der Waals surface area contributed by atoms with Crippen molar-refractivity contribution in [3.63, 3.8) is 0 Å². The van der Waals surface area contributed by atoms with E-state index in [0.29, 0.717) is 11.8 Å². The zero-order chi connectivity index (χ0) is 42.5. The fourth-order valence-corrected chi connectivity index (χ4v) is 7.44. The van der Waals surface area contributed by atoms with Crippen LogP contribution in [0.5, 0.6) is 5.75 Å². The summed E-state index contributed by atoms with van der Waals surface area (Å²) >= 11 is 0. The summed E-state index contributed by atoms with van der Waals surface area (Å²) in [6.45, 7) is 1.91. The van der Waals surface area contributed by atoms with Crippen LogP contribution in [0.2, 0.25) is 0 Å². The molecular formula is C30H31N9O14S4. The molecule has 0 radical (unpaired) electrons. The van der Waals surface area contributed by atoms with E-state index in [1.54, 1.807) is 25.1 Å². The summed E-state index contributed by atoms with van der Waals surface area (Å²) in [5, 5.41) is 26.2. The van der Waals surface area contributed by atoms with Crippen LogP contribution >= 0.6 is 0 Å². The number of nitrogens with zero attached hydrogens (tertiary/aromatic N) is 6. The Morgan fingerprint density at radius 2 is 1.32 bits per heavy atom. The Morgan fingerprint density at radius 1 is 0.702 bits per heavy atom. The predicted molar refractivity (Wildman–Crippen MR) is 202 cm³/mol. The average Bonchev–Trinajstić information content (AvgIpc) is 3.09. The quantitative estimate of drug-likeness (QED) is 0.0490. The highest BCUT2D eigenvalue weighted by Gasteiger charge is 2.24. The highest BCUT2D eigenvalue weighted by Crippen LogP contribution is 2.44. The molecule has 0 unspecified atom stereocenters. The summed E-state index contributed by atoms with van der Waals surface area (Å²) in [5.41, 5.74) is 10.9. The first-order chi connectivity index (χ1) is 26.4. The van der Waals surface area contributed by atoms with Gasteiger partial charge in [0.1, 0.15) is 44.0 Å². The van der Waals surface area contributed by atoms with Crippen LogP contribution in [0.1, 0.15) is 12.5 Å². The second kappa shape index (κ2) is 17.1. The SMILES string of the molecule is COc1ccc(C)cc1N=Nc1c(N)c(N=Nc2ccc(N=Nc3ccc(S(=O)(=O)CCOS(=O)(=O)O)cc3S(=O)(=O)O)c(NC(C)=O)c2)cc(S(=O)(=O)O)c1N. The molecule has 4 aromatic rings. The fraction of sp³-hybridized carbons (Fsp3) is 0.167. The van der Waals surface area contributed by atoms with Crippen molar-refractivity contribution >= 4 is 97.6 Å². The number of nitrogens with two attached hydrogens (primary N) is 2. The van der Waals surface area contributed by atoms with Crippen molar-refractivity contribution in [3.8, 4) is 5.75 Å². The number of hydrogen-bond donors (Lipinski definition) is 6. The number of anilines is 3. The maximum absolute atomic E-state index is 12.6. The second-order valence-corrected chi connectivity index (χ2v) is 17.4. The van der Waals surface area contributed by atoms with E-state index in [0.717, 1.165) is 30.7 Å². The first-order valence-corrected chi connectivity index (χ1v) is 21.3. The first kappa shape index (κ1) is 43.9. The summed E-state index contributed by atoms with van der Waals surface area (Å²) in [4.78, 5) is 9.53. The van der Waals surface area contributed by atoms with E-state index in [9.17, 15) is 47.6 Å². The van der Waals surface area contributed by atoms with Gasteiger partial charge in [0, 0.05) is 6.92 Å². The number of ether oxygens (including phenoxy) is 1. The number of hydrogen-bond acceptors (Lipinski definition) is 19. The van der Waals surface area contributed by atoms with Crippen LogP contribution in [0, 0.1) is 6.92 Å². The molecule has 57 heavy (non-hydrogen) atoms. The molecule has 0 aliphatic rings. The summed E-state index contributed by atoms with van der Waals surface area (Å²) in [6.07, 6.45) is 0. The Morgan fingerprint density at radius 3 is 1.93 bits per heavy atom. The van der Waals surface area contributed by atoms with E-state index in [1.165, 1.54) is 25.3 Å². The third-order valence-corrected chi connectivity index (χ3v) is 11.1. The lowest BCUT2D eigenvalue weighted by Crippen LogP contribution is -2.16. The van der Waals surface area contributed by atoms with Crippen LogP contribution in [0.4, 0.5) is 51.2 Å². The molecule has 0 aromatic heterocycles. The molecule has 1 amide bonds. The van der Waals surface area contributed by atoms with Crippen LogP contribution < -0.4 is 21.5 Å². The minimum absolute atomic E-state index is 0.0128. The predicted octanol–water partition coefficient (Wildman–Crippen LogP) is 5.46. The number of amides is 1. The number of nitrogen functional groups attached to an aromatic ring is 2. The highest BCUT2D eigenvalue weighted by molar-refractivity contribution is 7.91. The summed E-state index contributed by atoms with van der Waals surface area (Å²) in [6, 6.07) is 11.8. The third kappa shape index (κ3) is 11.6. The first-order valence-electron chi connectivity index (χ1n) is 15.4. The lowest BCUT2D eigenvalue weighted by molar-refractivity contribution is -0.114. The van der Waals surface area contributed by atoms with Crippen molar-refractivity contribution in [2.45, 2.75) is 28.5 Å². The molecule has 0 bridgehead atoms. The molecule has 0 saturated heterocycles. The number of nitrogens with one attached hydrogen (secondary N) is 1. The molecule has 0 aliphatic carbocycles. The normalized spacial score (nSPS) is 12.8. The average molecular weight is 870 g/mol. The third-order valence-electron chi connectivity index (χ3n) is 7.17. The topological polar surface area (TPSA) is 371 Å². The Hall–Kier alpha value is -5.81. The van der Waals surface area contributed by atoms with E-state index in [4.69, 9.17) is 20.8 Å². The molecule has 0 spiro atoms. The van der Waals surface area contributed by atoms with E-state index in [1.807, 2.05) is 0 Å². The lowest BCUT2D eigenvalue weighted by atomic mass is 10.2. The van der Waals surface area contributed by atoms with Crippen molar-refractivity contribution < 1.29 is 61.0 Å². The van der Waals surface area contributed by atoms with Gasteiger partial charge in [-0.1, -0.05) is 6.07 Å². The van der Waals surface area contributed by atoms with Crippen molar-refractivity contribution in [1.82, 2.24) is 0 Å². The Labute approximate surface area is 324 Å². The van der Waals surface area contributed by atoms with Crippen molar-refractivity contribution in [2.24, 2.45) is 30.7 Å². The van der Waals surface area contributed by atoms with Crippen LogP contribution in [0.25, 0.3) is 0 Å². The van der Waals surface area contributed by atoms with E-state index >= 15 is 0 Å².